The van der Waals surface area contributed by atoms with E-state index < -0.39 is 0 Å². The van der Waals surface area contributed by atoms with Crippen molar-refractivity contribution in [2.45, 2.75) is 18.9 Å². The van der Waals surface area contributed by atoms with E-state index in [9.17, 15) is 4.79 Å². The second kappa shape index (κ2) is 5.55. The molecule has 0 amide bonds. The molecule has 0 radical (unpaired) electrons. The van der Waals surface area contributed by atoms with Gasteiger partial charge in [-0.1, -0.05) is 18.2 Å². The van der Waals surface area contributed by atoms with Gasteiger partial charge in [0.15, 0.2) is 5.76 Å². The third-order valence-electron chi connectivity index (χ3n) is 3.32. The Bertz CT molecular complexity index is 533. The zero-order valence-corrected chi connectivity index (χ0v) is 10.6. The molecule has 0 bridgehead atoms. The number of furan rings is 1. The number of ether oxygens (including phenoxy) is 2. The molecule has 0 spiro atoms. The van der Waals surface area contributed by atoms with Crippen LogP contribution in [0, 0.1) is 0 Å². The van der Waals surface area contributed by atoms with Crippen LogP contribution < -0.4 is 0 Å². The van der Waals surface area contributed by atoms with Gasteiger partial charge in [0.05, 0.1) is 6.10 Å². The van der Waals surface area contributed by atoms with Crippen molar-refractivity contribution in [3.63, 3.8) is 0 Å². The highest BCUT2D eigenvalue weighted by molar-refractivity contribution is 5.98. The average molecular weight is 260 g/mol. The summed E-state index contributed by atoms with van der Waals surface area (Å²) < 4.78 is 16.4. The summed E-state index contributed by atoms with van der Waals surface area (Å²) in [6.45, 7) is 1.50. The van der Waals surface area contributed by atoms with Gasteiger partial charge in [-0.25, -0.2) is 0 Å². The summed E-state index contributed by atoms with van der Waals surface area (Å²) in [4.78, 5) is 12.0. The first-order valence-electron chi connectivity index (χ1n) is 6.54. The van der Waals surface area contributed by atoms with Gasteiger partial charge < -0.3 is 13.9 Å². The van der Waals surface area contributed by atoms with Gasteiger partial charge in [-0.3, -0.25) is 4.79 Å². The number of hydrogen-bond acceptors (Lipinski definition) is 4. The molecule has 2 heterocycles. The van der Waals surface area contributed by atoms with Crippen LogP contribution in [0.1, 0.15) is 23.4 Å². The third-order valence-corrected chi connectivity index (χ3v) is 3.32. The van der Waals surface area contributed by atoms with Gasteiger partial charge in [0.2, 0.25) is 5.78 Å². The lowest BCUT2D eigenvalue weighted by molar-refractivity contribution is -0.0266. The molecule has 0 N–H and O–H groups in total. The van der Waals surface area contributed by atoms with Gasteiger partial charge in [-0.05, 0) is 25.0 Å². The highest BCUT2D eigenvalue weighted by atomic mass is 16.5. The van der Waals surface area contributed by atoms with E-state index in [1.807, 2.05) is 24.3 Å². The minimum absolute atomic E-state index is 0.0739. The zero-order valence-electron chi connectivity index (χ0n) is 10.6. The zero-order chi connectivity index (χ0) is 13.1. The molecule has 4 heteroatoms. The van der Waals surface area contributed by atoms with E-state index in [0.717, 1.165) is 23.8 Å². The lowest BCUT2D eigenvalue weighted by atomic mass is 10.1. The van der Waals surface area contributed by atoms with Crippen molar-refractivity contribution < 1.29 is 18.7 Å². The molecule has 1 aromatic carbocycles. The number of Topliss-reactive ketones (excluding diaryl/α,β-unsaturated/α-hetero) is 1. The van der Waals surface area contributed by atoms with Crippen molar-refractivity contribution in [3.05, 3.63) is 36.1 Å². The molecule has 0 atom stereocenters. The Balaban J connectivity index is 1.63. The van der Waals surface area contributed by atoms with E-state index in [1.165, 1.54) is 0 Å². The van der Waals surface area contributed by atoms with Gasteiger partial charge in [0.1, 0.15) is 12.2 Å². The Kier molecular flexibility index (Phi) is 3.62. The predicted octanol–water partition coefficient (Wildman–Crippen LogP) is 2.81. The first-order chi connectivity index (χ1) is 9.33. The Morgan fingerprint density at radius 3 is 2.84 bits per heavy atom. The minimum atomic E-state index is -0.109. The van der Waals surface area contributed by atoms with Crippen LogP contribution >= 0.6 is 0 Å². The Morgan fingerprint density at radius 1 is 1.26 bits per heavy atom. The van der Waals surface area contributed by atoms with Crippen LogP contribution in [0.4, 0.5) is 0 Å². The lowest BCUT2D eigenvalue weighted by Gasteiger charge is -2.21. The maximum Gasteiger partial charge on any atom is 0.223 e. The number of carbonyl (C=O) groups excluding carboxylic acids is 1. The van der Waals surface area contributed by atoms with E-state index in [1.54, 1.807) is 6.07 Å². The van der Waals surface area contributed by atoms with Crippen molar-refractivity contribution in [1.29, 1.82) is 0 Å². The Morgan fingerprint density at radius 2 is 2.05 bits per heavy atom. The number of fused-ring (bicyclic) bond motifs is 1. The van der Waals surface area contributed by atoms with Crippen molar-refractivity contribution in [1.82, 2.24) is 0 Å². The van der Waals surface area contributed by atoms with E-state index in [0.29, 0.717) is 19.0 Å². The summed E-state index contributed by atoms with van der Waals surface area (Å²) in [7, 11) is 0. The molecule has 0 saturated carbocycles. The van der Waals surface area contributed by atoms with Gasteiger partial charge in [-0.2, -0.15) is 0 Å². The Labute approximate surface area is 111 Å². The topological polar surface area (TPSA) is 48.7 Å². The Hall–Kier alpha value is -1.65. The predicted molar refractivity (Wildman–Crippen MR) is 70.3 cm³/mol. The summed E-state index contributed by atoms with van der Waals surface area (Å²) in [5.74, 6) is 0.260. The van der Waals surface area contributed by atoms with Crippen LogP contribution in [-0.4, -0.2) is 31.7 Å². The van der Waals surface area contributed by atoms with E-state index >= 15 is 0 Å². The SMILES string of the molecule is O=C(COC1CCOCC1)c1cc2ccccc2o1. The van der Waals surface area contributed by atoms with Crippen LogP contribution in [-0.2, 0) is 9.47 Å². The number of para-hydroxylation sites is 1. The normalized spacial score (nSPS) is 16.8. The van der Waals surface area contributed by atoms with Crippen LogP contribution in [0.3, 0.4) is 0 Å². The molecule has 3 rings (SSSR count). The molecule has 0 unspecified atom stereocenters. The molecule has 19 heavy (non-hydrogen) atoms. The van der Waals surface area contributed by atoms with Crippen molar-refractivity contribution in [2.75, 3.05) is 19.8 Å². The van der Waals surface area contributed by atoms with E-state index in [-0.39, 0.29) is 18.5 Å². The summed E-state index contributed by atoms with van der Waals surface area (Å²) in [6, 6.07) is 9.36. The second-order valence-corrected chi connectivity index (χ2v) is 4.69. The van der Waals surface area contributed by atoms with Crippen LogP contribution in [0.2, 0.25) is 0 Å². The number of rotatable bonds is 4. The smallest absolute Gasteiger partial charge is 0.223 e. The fourth-order valence-corrected chi connectivity index (χ4v) is 2.23. The number of benzene rings is 1. The van der Waals surface area contributed by atoms with Gasteiger partial charge >= 0.3 is 0 Å². The first-order valence-corrected chi connectivity index (χ1v) is 6.54. The molecule has 100 valence electrons. The lowest BCUT2D eigenvalue weighted by Crippen LogP contribution is -2.25. The molecule has 1 saturated heterocycles. The molecular weight excluding hydrogens is 244 g/mol. The highest BCUT2D eigenvalue weighted by Gasteiger charge is 2.18. The molecule has 1 aromatic heterocycles. The molecule has 1 fully saturated rings. The molecule has 1 aliphatic rings. The monoisotopic (exact) mass is 260 g/mol. The maximum absolute atomic E-state index is 12.0. The van der Waals surface area contributed by atoms with Gasteiger partial charge in [-0.15, -0.1) is 0 Å². The third kappa shape index (κ3) is 2.85. The fraction of sp³-hybridized carbons (Fsp3) is 0.400. The number of carbonyl (C=O) groups is 1. The molecule has 0 aliphatic carbocycles. The van der Waals surface area contributed by atoms with Crippen molar-refractivity contribution in [3.8, 4) is 0 Å². The second-order valence-electron chi connectivity index (χ2n) is 4.69. The highest BCUT2D eigenvalue weighted by Crippen LogP contribution is 2.19. The molecular formula is C15H16O4. The van der Waals surface area contributed by atoms with Crippen LogP contribution in [0.15, 0.2) is 34.7 Å². The standard InChI is InChI=1S/C15H16O4/c16-13(10-18-12-5-7-17-8-6-12)15-9-11-3-1-2-4-14(11)19-15/h1-4,9,12H,5-8,10H2. The quantitative estimate of drug-likeness (QED) is 0.793. The minimum Gasteiger partial charge on any atom is -0.453 e. The maximum atomic E-state index is 12.0. The summed E-state index contributed by atoms with van der Waals surface area (Å²) >= 11 is 0. The van der Waals surface area contributed by atoms with E-state index in [2.05, 4.69) is 0 Å². The van der Waals surface area contributed by atoms with Crippen molar-refractivity contribution in [2.24, 2.45) is 0 Å². The van der Waals surface area contributed by atoms with Gasteiger partial charge in [0, 0.05) is 18.6 Å². The van der Waals surface area contributed by atoms with E-state index in [4.69, 9.17) is 13.9 Å². The summed E-state index contributed by atoms with van der Waals surface area (Å²) in [6.07, 6.45) is 1.84. The van der Waals surface area contributed by atoms with Crippen LogP contribution in [0.5, 0.6) is 0 Å². The van der Waals surface area contributed by atoms with Crippen LogP contribution in [0.25, 0.3) is 11.0 Å². The summed E-state index contributed by atoms with van der Waals surface area (Å²) in [5, 5.41) is 0.942. The molecule has 1 aliphatic heterocycles. The van der Waals surface area contributed by atoms with Crippen molar-refractivity contribution >= 4 is 16.8 Å². The number of ketones is 1. The largest absolute Gasteiger partial charge is 0.453 e. The molecule has 4 nitrogen and oxygen atoms in total. The first kappa shape index (κ1) is 12.4. The average Bonchev–Trinajstić information content (AvgIpc) is 2.90. The fourth-order valence-electron chi connectivity index (χ4n) is 2.23. The molecule has 2 aromatic rings. The summed E-state index contributed by atoms with van der Waals surface area (Å²) in [5.41, 5.74) is 0.733. The van der Waals surface area contributed by atoms with Gasteiger partial charge in [0.25, 0.3) is 0 Å². The number of hydrogen-bond donors (Lipinski definition) is 0.